The highest BCUT2D eigenvalue weighted by Gasteiger charge is 2.06. The van der Waals surface area contributed by atoms with Crippen LogP contribution < -0.4 is 0 Å². The van der Waals surface area contributed by atoms with Crippen LogP contribution in [-0.4, -0.2) is 11.7 Å². The minimum Gasteiger partial charge on any atom is -0.396 e. The molecule has 0 aromatic carbocycles. The summed E-state index contributed by atoms with van der Waals surface area (Å²) >= 11 is 1.81. The first-order chi connectivity index (χ1) is 6.36. The highest BCUT2D eigenvalue weighted by Crippen LogP contribution is 2.17. The van der Waals surface area contributed by atoms with E-state index in [0.717, 1.165) is 19.3 Å². The molecule has 1 atom stereocenters. The third kappa shape index (κ3) is 3.92. The van der Waals surface area contributed by atoms with Gasteiger partial charge in [0.15, 0.2) is 0 Å². The molecular weight excluding hydrogens is 180 g/mol. The minimum atomic E-state index is 0.346. The van der Waals surface area contributed by atoms with Gasteiger partial charge in [-0.05, 0) is 36.6 Å². The summed E-state index contributed by atoms with van der Waals surface area (Å²) in [6, 6.07) is 4.26. The van der Waals surface area contributed by atoms with Crippen LogP contribution in [0.1, 0.15) is 31.1 Å². The van der Waals surface area contributed by atoms with Crippen LogP contribution in [0.2, 0.25) is 0 Å². The van der Waals surface area contributed by atoms with Gasteiger partial charge in [-0.2, -0.15) is 0 Å². The molecule has 0 amide bonds. The number of rotatable bonds is 6. The van der Waals surface area contributed by atoms with E-state index in [2.05, 4.69) is 24.4 Å². The van der Waals surface area contributed by atoms with Crippen molar-refractivity contribution in [2.75, 3.05) is 6.61 Å². The summed E-state index contributed by atoms with van der Waals surface area (Å²) in [7, 11) is 0. The number of aliphatic hydroxyl groups excluding tert-OH is 1. The van der Waals surface area contributed by atoms with Crippen molar-refractivity contribution in [2.45, 2.75) is 32.6 Å². The molecule has 1 nitrogen and oxygen atoms in total. The second kappa shape index (κ2) is 6.17. The number of hydrogen-bond acceptors (Lipinski definition) is 2. The van der Waals surface area contributed by atoms with Gasteiger partial charge in [0.1, 0.15) is 0 Å². The average molecular weight is 198 g/mol. The molecule has 0 radical (unpaired) electrons. The molecule has 1 unspecified atom stereocenters. The van der Waals surface area contributed by atoms with Gasteiger partial charge in [-0.15, -0.1) is 11.3 Å². The second-order valence-corrected chi connectivity index (χ2v) is 4.49. The zero-order chi connectivity index (χ0) is 9.52. The first kappa shape index (κ1) is 10.7. The fourth-order valence-electron chi connectivity index (χ4n) is 1.54. The third-order valence-corrected chi connectivity index (χ3v) is 3.27. The van der Waals surface area contributed by atoms with Crippen LogP contribution in [0.5, 0.6) is 0 Å². The van der Waals surface area contributed by atoms with Gasteiger partial charge in [0.25, 0.3) is 0 Å². The van der Waals surface area contributed by atoms with E-state index < -0.39 is 0 Å². The fraction of sp³-hybridized carbons (Fsp3) is 0.636. The molecule has 1 heterocycles. The van der Waals surface area contributed by atoms with Gasteiger partial charge < -0.3 is 5.11 Å². The van der Waals surface area contributed by atoms with Gasteiger partial charge in [-0.3, -0.25) is 0 Å². The lowest BCUT2D eigenvalue weighted by Crippen LogP contribution is -2.06. The van der Waals surface area contributed by atoms with Crippen molar-refractivity contribution in [3.63, 3.8) is 0 Å². The third-order valence-electron chi connectivity index (χ3n) is 2.33. The Morgan fingerprint density at radius 3 is 2.85 bits per heavy atom. The maximum Gasteiger partial charge on any atom is 0.0459 e. The molecule has 1 N–H and O–H groups in total. The lowest BCUT2D eigenvalue weighted by Gasteiger charge is -2.11. The molecule has 2 heteroatoms. The Morgan fingerprint density at radius 1 is 1.46 bits per heavy atom. The van der Waals surface area contributed by atoms with Crippen LogP contribution in [0, 0.1) is 5.92 Å². The molecule has 0 spiro atoms. The van der Waals surface area contributed by atoms with E-state index in [0.29, 0.717) is 12.5 Å². The monoisotopic (exact) mass is 198 g/mol. The molecule has 1 aromatic rings. The molecule has 13 heavy (non-hydrogen) atoms. The Labute approximate surface area is 84.4 Å². The summed E-state index contributed by atoms with van der Waals surface area (Å²) < 4.78 is 0. The van der Waals surface area contributed by atoms with Gasteiger partial charge in [0.2, 0.25) is 0 Å². The van der Waals surface area contributed by atoms with Crippen molar-refractivity contribution in [1.82, 2.24) is 0 Å². The van der Waals surface area contributed by atoms with E-state index in [-0.39, 0.29) is 0 Å². The lowest BCUT2D eigenvalue weighted by molar-refractivity contribution is 0.210. The molecule has 0 aliphatic heterocycles. The van der Waals surface area contributed by atoms with Crippen molar-refractivity contribution < 1.29 is 5.11 Å². The predicted molar refractivity (Wildman–Crippen MR) is 58.1 cm³/mol. The predicted octanol–water partition coefficient (Wildman–Crippen LogP) is 3.09. The summed E-state index contributed by atoms with van der Waals surface area (Å²) in [5.41, 5.74) is 0. The van der Waals surface area contributed by atoms with E-state index in [1.165, 1.54) is 11.3 Å². The Bertz CT molecular complexity index is 206. The highest BCUT2D eigenvalue weighted by molar-refractivity contribution is 7.09. The van der Waals surface area contributed by atoms with Crippen molar-refractivity contribution >= 4 is 11.3 Å². The largest absolute Gasteiger partial charge is 0.396 e. The summed E-state index contributed by atoms with van der Waals surface area (Å²) in [4.78, 5) is 1.44. The van der Waals surface area contributed by atoms with Gasteiger partial charge in [0, 0.05) is 11.5 Å². The van der Waals surface area contributed by atoms with Crippen LogP contribution in [0.4, 0.5) is 0 Å². The Morgan fingerprint density at radius 2 is 2.31 bits per heavy atom. The molecule has 0 fully saturated rings. The molecule has 0 bridgehead atoms. The smallest absolute Gasteiger partial charge is 0.0459 e. The van der Waals surface area contributed by atoms with Crippen molar-refractivity contribution in [2.24, 2.45) is 5.92 Å². The standard InChI is InChI=1S/C11H18OS/c1-2-4-10(9-12)6-7-11-5-3-8-13-11/h3,5,8,10,12H,2,4,6-7,9H2,1H3. The van der Waals surface area contributed by atoms with Crippen LogP contribution in [0.15, 0.2) is 17.5 Å². The van der Waals surface area contributed by atoms with Crippen molar-refractivity contribution in [3.05, 3.63) is 22.4 Å². The quantitative estimate of drug-likeness (QED) is 0.744. The summed E-state index contributed by atoms with van der Waals surface area (Å²) in [5, 5.41) is 11.2. The average Bonchev–Trinajstić information content (AvgIpc) is 2.64. The van der Waals surface area contributed by atoms with Crippen LogP contribution in [0.3, 0.4) is 0 Å². The summed E-state index contributed by atoms with van der Waals surface area (Å²) in [6.45, 7) is 2.52. The lowest BCUT2D eigenvalue weighted by atomic mass is 9.99. The zero-order valence-corrected chi connectivity index (χ0v) is 9.02. The van der Waals surface area contributed by atoms with E-state index in [1.54, 1.807) is 0 Å². The van der Waals surface area contributed by atoms with Gasteiger partial charge in [0.05, 0.1) is 0 Å². The van der Waals surface area contributed by atoms with Gasteiger partial charge >= 0.3 is 0 Å². The SMILES string of the molecule is CCCC(CO)CCc1cccs1. The molecule has 0 aliphatic rings. The normalized spacial score (nSPS) is 13.1. The van der Waals surface area contributed by atoms with E-state index in [1.807, 2.05) is 11.3 Å². The second-order valence-electron chi connectivity index (χ2n) is 3.46. The van der Waals surface area contributed by atoms with Crippen LogP contribution >= 0.6 is 11.3 Å². The fourth-order valence-corrected chi connectivity index (χ4v) is 2.26. The maximum atomic E-state index is 9.09. The molecule has 0 saturated carbocycles. The number of aliphatic hydroxyl groups is 1. The Hall–Kier alpha value is -0.340. The van der Waals surface area contributed by atoms with Crippen molar-refractivity contribution in [3.8, 4) is 0 Å². The summed E-state index contributed by atoms with van der Waals surface area (Å²) in [5.74, 6) is 0.507. The van der Waals surface area contributed by atoms with Crippen molar-refractivity contribution in [1.29, 1.82) is 0 Å². The van der Waals surface area contributed by atoms with Gasteiger partial charge in [-0.1, -0.05) is 19.4 Å². The topological polar surface area (TPSA) is 20.2 Å². The van der Waals surface area contributed by atoms with E-state index in [9.17, 15) is 0 Å². The first-order valence-corrected chi connectivity index (χ1v) is 5.88. The highest BCUT2D eigenvalue weighted by atomic mass is 32.1. The first-order valence-electron chi connectivity index (χ1n) is 5.00. The Kier molecular flexibility index (Phi) is 5.09. The molecule has 1 aromatic heterocycles. The van der Waals surface area contributed by atoms with Gasteiger partial charge in [-0.25, -0.2) is 0 Å². The zero-order valence-electron chi connectivity index (χ0n) is 8.20. The molecule has 74 valence electrons. The summed E-state index contributed by atoms with van der Waals surface area (Å²) in [6.07, 6.45) is 4.59. The van der Waals surface area contributed by atoms with E-state index in [4.69, 9.17) is 5.11 Å². The Balaban J connectivity index is 2.23. The molecule has 0 aliphatic carbocycles. The maximum absolute atomic E-state index is 9.09. The van der Waals surface area contributed by atoms with Crippen LogP contribution in [-0.2, 0) is 6.42 Å². The van der Waals surface area contributed by atoms with Crippen LogP contribution in [0.25, 0.3) is 0 Å². The van der Waals surface area contributed by atoms with E-state index >= 15 is 0 Å². The number of aryl methyl sites for hydroxylation is 1. The molecule has 0 saturated heterocycles. The number of thiophene rings is 1. The number of hydrogen-bond donors (Lipinski definition) is 1. The minimum absolute atomic E-state index is 0.346. The molecule has 1 rings (SSSR count). The molecular formula is C11H18OS.